The van der Waals surface area contributed by atoms with Crippen molar-refractivity contribution in [2.45, 2.75) is 26.8 Å². The van der Waals surface area contributed by atoms with Gasteiger partial charge in [-0.1, -0.05) is 41.7 Å². The molecule has 3 aromatic rings. The van der Waals surface area contributed by atoms with Crippen LogP contribution in [-0.2, 0) is 19.1 Å². The average Bonchev–Trinajstić information content (AvgIpc) is 3.31. The molecule has 3 heterocycles. The van der Waals surface area contributed by atoms with Gasteiger partial charge in [-0.3, -0.25) is 19.0 Å². The van der Waals surface area contributed by atoms with Crippen LogP contribution in [0.25, 0.3) is 5.57 Å². The number of allylic oxidation sites excluding steroid dienone is 1. The molecule has 2 aliphatic heterocycles. The first kappa shape index (κ1) is 24.4. The number of likely N-dealkylation sites (N-methyl/N-ethyl adjacent to an activating group) is 1. The molecule has 37 heavy (non-hydrogen) atoms. The van der Waals surface area contributed by atoms with Crippen LogP contribution in [0.4, 0.5) is 5.69 Å². The van der Waals surface area contributed by atoms with E-state index in [4.69, 9.17) is 9.47 Å². The second-order valence-electron chi connectivity index (χ2n) is 8.54. The smallest absolute Gasteiger partial charge is 0.338 e. The molecule has 1 amide bonds. The molecule has 10 heteroatoms. The molecule has 1 atom stereocenters. The number of anilines is 1. The number of thiazole rings is 1. The minimum absolute atomic E-state index is 0.153. The van der Waals surface area contributed by atoms with Gasteiger partial charge in [-0.05, 0) is 37.6 Å². The van der Waals surface area contributed by atoms with Gasteiger partial charge in [0.15, 0.2) is 4.80 Å². The molecule has 2 aliphatic rings. The molecule has 0 saturated heterocycles. The molecule has 9 nitrogen and oxygen atoms in total. The van der Waals surface area contributed by atoms with Crippen molar-refractivity contribution in [3.63, 3.8) is 0 Å². The molecule has 0 unspecified atom stereocenters. The van der Waals surface area contributed by atoms with Crippen molar-refractivity contribution in [3.8, 4) is 5.75 Å². The zero-order valence-electron chi connectivity index (χ0n) is 20.6. The second kappa shape index (κ2) is 9.29. The molecule has 2 aromatic carbocycles. The van der Waals surface area contributed by atoms with E-state index in [2.05, 4.69) is 4.99 Å². The molecular formula is C27H23N3O6S. The summed E-state index contributed by atoms with van der Waals surface area (Å²) >= 11 is 1.11. The van der Waals surface area contributed by atoms with Gasteiger partial charge in [-0.25, -0.2) is 9.79 Å². The Morgan fingerprint density at radius 2 is 1.78 bits per heavy atom. The van der Waals surface area contributed by atoms with E-state index in [1.807, 2.05) is 24.3 Å². The highest BCUT2D eigenvalue weighted by Gasteiger charge is 2.36. The molecule has 0 spiro atoms. The van der Waals surface area contributed by atoms with Gasteiger partial charge in [-0.2, -0.15) is 0 Å². The first-order valence-corrected chi connectivity index (χ1v) is 12.4. The molecule has 0 bridgehead atoms. The summed E-state index contributed by atoms with van der Waals surface area (Å²) in [6.07, 6.45) is 0. The molecule has 0 fully saturated rings. The lowest BCUT2D eigenvalue weighted by atomic mass is 9.96. The summed E-state index contributed by atoms with van der Waals surface area (Å²) in [5.41, 5.74) is 2.51. The number of hydrogen-bond acceptors (Lipinski definition) is 8. The standard InChI is InChI=1S/C27H23N3O6S/c1-5-35-26(34)20-14(2)28-27-30(22(20)16-10-12-17(13-11-16)36-15(3)31)25(33)23(37-27)21-18-8-6-7-9-19(18)29(4)24(21)32/h6-13,22H,5H2,1-4H3/t22-/m0/s1. The molecule has 0 N–H and O–H groups in total. The van der Waals surface area contributed by atoms with E-state index in [1.54, 1.807) is 45.2 Å². The van der Waals surface area contributed by atoms with E-state index in [1.165, 1.54) is 16.4 Å². The van der Waals surface area contributed by atoms with Crippen LogP contribution in [0.1, 0.15) is 37.9 Å². The van der Waals surface area contributed by atoms with Crippen molar-refractivity contribution in [2.24, 2.45) is 4.99 Å². The summed E-state index contributed by atoms with van der Waals surface area (Å²) in [4.78, 5) is 58.1. The van der Waals surface area contributed by atoms with Gasteiger partial charge in [0.1, 0.15) is 10.3 Å². The molecule has 0 radical (unpaired) electrons. The normalized spacial score (nSPS) is 17.8. The number of rotatable bonds is 4. The van der Waals surface area contributed by atoms with E-state index in [-0.39, 0.29) is 22.6 Å². The Labute approximate surface area is 215 Å². The van der Waals surface area contributed by atoms with Gasteiger partial charge in [0.05, 0.1) is 35.2 Å². The summed E-state index contributed by atoms with van der Waals surface area (Å²) in [5, 5.41) is 0. The number of carbonyl (C=O) groups excluding carboxylic acids is 3. The maximum Gasteiger partial charge on any atom is 0.338 e. The number of nitrogens with zero attached hydrogens (tertiary/aromatic N) is 3. The van der Waals surface area contributed by atoms with Crippen LogP contribution in [0, 0.1) is 0 Å². The summed E-state index contributed by atoms with van der Waals surface area (Å²) in [5.74, 6) is -0.995. The lowest BCUT2D eigenvalue weighted by molar-refractivity contribution is -0.139. The number of hydrogen-bond donors (Lipinski definition) is 0. The largest absolute Gasteiger partial charge is 0.463 e. The maximum atomic E-state index is 14.0. The molecule has 0 aliphatic carbocycles. The number of ether oxygens (including phenoxy) is 2. The van der Waals surface area contributed by atoms with Crippen LogP contribution in [0.3, 0.4) is 0 Å². The number of esters is 2. The second-order valence-corrected chi connectivity index (χ2v) is 9.52. The molecule has 188 valence electrons. The Kier molecular flexibility index (Phi) is 6.12. The Morgan fingerprint density at radius 1 is 1.08 bits per heavy atom. The first-order valence-electron chi connectivity index (χ1n) is 11.6. The van der Waals surface area contributed by atoms with Crippen LogP contribution in [0.5, 0.6) is 5.75 Å². The van der Waals surface area contributed by atoms with E-state index < -0.39 is 23.5 Å². The zero-order chi connectivity index (χ0) is 26.4. The fraction of sp³-hybridized carbons (Fsp3) is 0.222. The zero-order valence-corrected chi connectivity index (χ0v) is 21.4. The minimum Gasteiger partial charge on any atom is -0.463 e. The van der Waals surface area contributed by atoms with Gasteiger partial charge in [-0.15, -0.1) is 0 Å². The summed E-state index contributed by atoms with van der Waals surface area (Å²) in [6.45, 7) is 4.85. The highest BCUT2D eigenvalue weighted by molar-refractivity contribution is 7.07. The van der Waals surface area contributed by atoms with Crippen molar-refractivity contribution in [3.05, 3.63) is 90.6 Å². The lowest BCUT2D eigenvalue weighted by Crippen LogP contribution is -2.40. The van der Waals surface area contributed by atoms with Gasteiger partial charge >= 0.3 is 11.9 Å². The lowest BCUT2D eigenvalue weighted by Gasteiger charge is -2.24. The molecule has 1 aromatic heterocycles. The van der Waals surface area contributed by atoms with Crippen LogP contribution >= 0.6 is 11.3 Å². The summed E-state index contributed by atoms with van der Waals surface area (Å²) < 4.78 is 12.1. The third kappa shape index (κ3) is 3.99. The van der Waals surface area contributed by atoms with Gasteiger partial charge in [0, 0.05) is 19.5 Å². The highest BCUT2D eigenvalue weighted by atomic mass is 32.1. The Morgan fingerprint density at radius 3 is 2.46 bits per heavy atom. The molecule has 0 saturated carbocycles. The van der Waals surface area contributed by atoms with Crippen molar-refractivity contribution < 1.29 is 23.9 Å². The number of carbonyl (C=O) groups is 3. The molecule has 5 rings (SSSR count). The van der Waals surface area contributed by atoms with Crippen LogP contribution < -0.4 is 24.5 Å². The van der Waals surface area contributed by atoms with Gasteiger partial charge in [0.2, 0.25) is 0 Å². The van der Waals surface area contributed by atoms with E-state index >= 15 is 0 Å². The quantitative estimate of drug-likeness (QED) is 0.387. The number of para-hydroxylation sites is 1. The summed E-state index contributed by atoms with van der Waals surface area (Å²) in [7, 11) is 1.67. The van der Waals surface area contributed by atoms with E-state index in [0.29, 0.717) is 38.6 Å². The Balaban J connectivity index is 1.77. The van der Waals surface area contributed by atoms with Crippen LogP contribution in [-0.4, -0.2) is 36.1 Å². The first-order chi connectivity index (χ1) is 17.7. The summed E-state index contributed by atoms with van der Waals surface area (Å²) in [6, 6.07) is 13.0. The number of aromatic nitrogens is 1. The number of benzene rings is 2. The third-order valence-electron chi connectivity index (χ3n) is 6.23. The predicted octanol–water partition coefficient (Wildman–Crippen LogP) is 2.07. The maximum absolute atomic E-state index is 14.0. The highest BCUT2D eigenvalue weighted by Crippen LogP contribution is 2.35. The van der Waals surface area contributed by atoms with Gasteiger partial charge < -0.3 is 14.4 Å². The Hall–Kier alpha value is -4.31. The predicted molar refractivity (Wildman–Crippen MR) is 137 cm³/mol. The van der Waals surface area contributed by atoms with Crippen molar-refractivity contribution >= 4 is 40.4 Å². The van der Waals surface area contributed by atoms with Crippen LogP contribution in [0.15, 0.2) is 69.6 Å². The number of amides is 1. The molecular weight excluding hydrogens is 494 g/mol. The average molecular weight is 518 g/mol. The van der Waals surface area contributed by atoms with E-state index in [0.717, 1.165) is 11.3 Å². The van der Waals surface area contributed by atoms with Gasteiger partial charge in [0.25, 0.3) is 11.5 Å². The monoisotopic (exact) mass is 517 g/mol. The Bertz CT molecular complexity index is 1680. The fourth-order valence-electron chi connectivity index (χ4n) is 4.63. The topological polar surface area (TPSA) is 107 Å². The fourth-order valence-corrected chi connectivity index (χ4v) is 5.77. The van der Waals surface area contributed by atoms with Crippen LogP contribution in [0.2, 0.25) is 0 Å². The minimum atomic E-state index is -0.847. The SMILES string of the molecule is CCOC(=O)C1=C(C)N=c2sc(=C3C(=O)N(C)c4ccccc43)c(=O)n2[C@H]1c1ccc(OC(C)=O)cc1. The van der Waals surface area contributed by atoms with Crippen molar-refractivity contribution in [2.75, 3.05) is 18.6 Å². The van der Waals surface area contributed by atoms with Crippen molar-refractivity contribution in [1.29, 1.82) is 0 Å². The van der Waals surface area contributed by atoms with Crippen molar-refractivity contribution in [1.82, 2.24) is 4.57 Å². The third-order valence-corrected chi connectivity index (χ3v) is 7.28. The van der Waals surface area contributed by atoms with E-state index in [9.17, 15) is 19.2 Å². The number of fused-ring (bicyclic) bond motifs is 2.